The Balaban J connectivity index is 1.54. The van der Waals surface area contributed by atoms with Gasteiger partial charge in [-0.1, -0.05) is 23.8 Å². The van der Waals surface area contributed by atoms with E-state index in [1.165, 1.54) is 24.1 Å². The molecule has 5 nitrogen and oxygen atoms in total. The zero-order chi connectivity index (χ0) is 17.5. The number of halogens is 1. The summed E-state index contributed by atoms with van der Waals surface area (Å²) in [6, 6.07) is 4.59. The summed E-state index contributed by atoms with van der Waals surface area (Å²) in [5, 5.41) is 0.230. The van der Waals surface area contributed by atoms with Crippen LogP contribution in [-0.4, -0.2) is 24.9 Å². The van der Waals surface area contributed by atoms with Crippen molar-refractivity contribution in [1.29, 1.82) is 0 Å². The summed E-state index contributed by atoms with van der Waals surface area (Å²) in [5.41, 5.74) is 0.710. The van der Waals surface area contributed by atoms with Crippen LogP contribution in [0.15, 0.2) is 30.4 Å². The number of ether oxygens (including phenoxy) is 1. The van der Waals surface area contributed by atoms with Crippen molar-refractivity contribution in [2.45, 2.75) is 12.8 Å². The first-order valence-corrected chi connectivity index (χ1v) is 8.81. The molecule has 5 rings (SSSR count). The molecule has 1 aromatic carbocycles. The van der Waals surface area contributed by atoms with Crippen molar-refractivity contribution in [3.05, 3.63) is 40.9 Å². The SMILES string of the molecule is COC(=O)c1cc(N2C(=O)[C@@H]3[C@@H](C2=O)[C@H]2C=C[C@H]3C23CC3)ccc1Cl. The van der Waals surface area contributed by atoms with Gasteiger partial charge in [0.25, 0.3) is 0 Å². The lowest BCUT2D eigenvalue weighted by molar-refractivity contribution is -0.123. The maximum Gasteiger partial charge on any atom is 0.339 e. The maximum absolute atomic E-state index is 13.1. The summed E-state index contributed by atoms with van der Waals surface area (Å²) in [4.78, 5) is 39.2. The number of esters is 1. The number of hydrogen-bond donors (Lipinski definition) is 0. The van der Waals surface area contributed by atoms with Crippen LogP contribution in [0.1, 0.15) is 23.2 Å². The molecule has 4 aliphatic rings. The van der Waals surface area contributed by atoms with Gasteiger partial charge in [0, 0.05) is 0 Å². The molecule has 128 valence electrons. The van der Waals surface area contributed by atoms with Crippen molar-refractivity contribution in [1.82, 2.24) is 0 Å². The van der Waals surface area contributed by atoms with Gasteiger partial charge in [0.2, 0.25) is 11.8 Å². The number of nitrogens with zero attached hydrogens (tertiary/aromatic N) is 1. The third-order valence-electron chi connectivity index (χ3n) is 6.47. The van der Waals surface area contributed by atoms with E-state index in [0.29, 0.717) is 5.69 Å². The highest BCUT2D eigenvalue weighted by Gasteiger charge is 2.73. The third kappa shape index (κ3) is 1.72. The lowest BCUT2D eigenvalue weighted by atomic mass is 9.85. The first kappa shape index (κ1) is 15.1. The van der Waals surface area contributed by atoms with Gasteiger partial charge in [-0.05, 0) is 48.3 Å². The molecule has 0 N–H and O–H groups in total. The first-order chi connectivity index (χ1) is 12.0. The minimum absolute atomic E-state index is 0.152. The molecule has 25 heavy (non-hydrogen) atoms. The van der Waals surface area contributed by atoms with Crippen LogP contribution in [-0.2, 0) is 14.3 Å². The van der Waals surface area contributed by atoms with Gasteiger partial charge in [-0.25, -0.2) is 9.69 Å². The van der Waals surface area contributed by atoms with Gasteiger partial charge in [0.15, 0.2) is 0 Å². The molecule has 2 bridgehead atoms. The summed E-state index contributed by atoms with van der Waals surface area (Å²) < 4.78 is 4.72. The monoisotopic (exact) mass is 357 g/mol. The Hall–Kier alpha value is -2.14. The Morgan fingerprint density at radius 1 is 1.16 bits per heavy atom. The molecule has 0 unspecified atom stereocenters. The lowest BCUT2D eigenvalue weighted by Gasteiger charge is -2.22. The topological polar surface area (TPSA) is 63.7 Å². The van der Waals surface area contributed by atoms with Gasteiger partial charge in [-0.3, -0.25) is 9.59 Å². The Bertz CT molecular complexity index is 838. The van der Waals surface area contributed by atoms with Gasteiger partial charge >= 0.3 is 5.97 Å². The highest BCUT2D eigenvalue weighted by Crippen LogP contribution is 2.73. The molecular formula is C19H16ClNO4. The maximum atomic E-state index is 13.1. The summed E-state index contributed by atoms with van der Waals surface area (Å²) in [5.74, 6) is -1.07. The molecule has 2 saturated carbocycles. The summed E-state index contributed by atoms with van der Waals surface area (Å²) in [6.07, 6.45) is 6.48. The fourth-order valence-electron chi connectivity index (χ4n) is 5.25. The normalized spacial score (nSPS) is 33.3. The van der Waals surface area contributed by atoms with E-state index in [1.54, 1.807) is 6.07 Å². The quantitative estimate of drug-likeness (QED) is 0.464. The fourth-order valence-corrected chi connectivity index (χ4v) is 5.45. The van der Waals surface area contributed by atoms with Crippen molar-refractivity contribution < 1.29 is 19.1 Å². The number of fused-ring (bicyclic) bond motifs is 3. The van der Waals surface area contributed by atoms with Crippen LogP contribution in [0.3, 0.4) is 0 Å². The molecule has 1 aromatic rings. The summed E-state index contributed by atoms with van der Waals surface area (Å²) in [7, 11) is 1.26. The van der Waals surface area contributed by atoms with Crippen LogP contribution >= 0.6 is 11.6 Å². The largest absolute Gasteiger partial charge is 0.465 e. The van der Waals surface area contributed by atoms with Gasteiger partial charge in [-0.2, -0.15) is 0 Å². The number of imide groups is 1. The van der Waals surface area contributed by atoms with E-state index in [0.717, 1.165) is 12.8 Å². The standard InChI is InChI=1S/C19H16ClNO4/c1-25-18(24)10-8-9(2-5-13(10)20)21-16(22)14-11-3-4-12(15(14)17(21)23)19(11)6-7-19/h2-5,8,11-12,14-15H,6-7H2,1H3/t11-,12-,14+,15+/m1/s1. The molecule has 4 atom stereocenters. The van der Waals surface area contributed by atoms with E-state index in [1.807, 2.05) is 0 Å². The van der Waals surface area contributed by atoms with Crippen LogP contribution in [0.4, 0.5) is 5.69 Å². The number of benzene rings is 1. The number of rotatable bonds is 2. The summed E-state index contributed by atoms with van der Waals surface area (Å²) >= 11 is 6.05. The molecule has 1 spiro atoms. The molecule has 0 aromatic heterocycles. The number of carbonyl (C=O) groups is 3. The van der Waals surface area contributed by atoms with Gasteiger partial charge in [-0.15, -0.1) is 0 Å². The van der Waals surface area contributed by atoms with Crippen LogP contribution in [0, 0.1) is 29.1 Å². The number of methoxy groups -OCH3 is 1. The lowest BCUT2D eigenvalue weighted by Crippen LogP contribution is -2.34. The number of anilines is 1. The molecule has 1 heterocycles. The van der Waals surface area contributed by atoms with Crippen molar-refractivity contribution >= 4 is 35.1 Å². The smallest absolute Gasteiger partial charge is 0.339 e. The first-order valence-electron chi connectivity index (χ1n) is 8.43. The van der Waals surface area contributed by atoms with Crippen LogP contribution in [0.2, 0.25) is 5.02 Å². The van der Waals surface area contributed by atoms with Gasteiger partial charge in [0.1, 0.15) is 0 Å². The molecule has 2 amide bonds. The van der Waals surface area contributed by atoms with Gasteiger partial charge < -0.3 is 4.74 Å². The Morgan fingerprint density at radius 3 is 2.28 bits per heavy atom. The predicted molar refractivity (Wildman–Crippen MR) is 90.1 cm³/mol. The zero-order valence-corrected chi connectivity index (χ0v) is 14.3. The molecular weight excluding hydrogens is 342 g/mol. The Kier molecular flexibility index (Phi) is 2.86. The number of hydrogen-bond acceptors (Lipinski definition) is 4. The predicted octanol–water partition coefficient (Wildman–Crippen LogP) is 2.83. The minimum Gasteiger partial charge on any atom is -0.465 e. The molecule has 6 heteroatoms. The fraction of sp³-hybridized carbons (Fsp3) is 0.421. The Morgan fingerprint density at radius 2 is 1.76 bits per heavy atom. The molecule has 3 aliphatic carbocycles. The van der Waals surface area contributed by atoms with E-state index < -0.39 is 5.97 Å². The van der Waals surface area contributed by atoms with Gasteiger partial charge in [0.05, 0.1) is 35.2 Å². The molecule has 1 aliphatic heterocycles. The van der Waals surface area contributed by atoms with E-state index in [9.17, 15) is 14.4 Å². The summed E-state index contributed by atoms with van der Waals surface area (Å²) in [6.45, 7) is 0. The second-order valence-electron chi connectivity index (χ2n) is 7.39. The van der Waals surface area contributed by atoms with E-state index >= 15 is 0 Å². The second-order valence-corrected chi connectivity index (χ2v) is 7.80. The second kappa shape index (κ2) is 4.73. The Labute approximate surface area is 149 Å². The van der Waals surface area contributed by atoms with Crippen LogP contribution in [0.25, 0.3) is 0 Å². The highest BCUT2D eigenvalue weighted by molar-refractivity contribution is 6.34. The van der Waals surface area contributed by atoms with Crippen molar-refractivity contribution in [3.63, 3.8) is 0 Å². The van der Waals surface area contributed by atoms with E-state index in [-0.39, 0.29) is 51.5 Å². The van der Waals surface area contributed by atoms with Crippen LogP contribution < -0.4 is 4.90 Å². The van der Waals surface area contributed by atoms with Crippen LogP contribution in [0.5, 0.6) is 0 Å². The third-order valence-corrected chi connectivity index (χ3v) is 6.80. The van der Waals surface area contributed by atoms with E-state index in [4.69, 9.17) is 16.3 Å². The molecule has 1 saturated heterocycles. The van der Waals surface area contributed by atoms with Crippen molar-refractivity contribution in [2.24, 2.45) is 29.1 Å². The number of carbonyl (C=O) groups excluding carboxylic acids is 3. The number of amides is 2. The van der Waals surface area contributed by atoms with Crippen molar-refractivity contribution in [2.75, 3.05) is 12.0 Å². The minimum atomic E-state index is -0.593. The zero-order valence-electron chi connectivity index (χ0n) is 13.6. The van der Waals surface area contributed by atoms with E-state index in [2.05, 4.69) is 12.2 Å². The highest BCUT2D eigenvalue weighted by atomic mass is 35.5. The number of allylic oxidation sites excluding steroid dienone is 2. The average molecular weight is 358 g/mol. The molecule has 0 radical (unpaired) electrons. The molecule has 3 fully saturated rings. The average Bonchev–Trinajstić information content (AvgIpc) is 3.20. The van der Waals surface area contributed by atoms with Crippen molar-refractivity contribution in [3.8, 4) is 0 Å².